The maximum absolute atomic E-state index is 11.1. The summed E-state index contributed by atoms with van der Waals surface area (Å²) >= 11 is 0. The molecule has 0 aliphatic heterocycles. The number of carbonyl (C=O) groups is 1. The van der Waals surface area contributed by atoms with Crippen molar-refractivity contribution in [2.75, 3.05) is 13.7 Å². The van der Waals surface area contributed by atoms with Gasteiger partial charge in [0.1, 0.15) is 5.60 Å². The van der Waals surface area contributed by atoms with Crippen molar-refractivity contribution in [3.63, 3.8) is 0 Å². The number of rotatable bonds is 7. The molecule has 0 radical (unpaired) electrons. The zero-order chi connectivity index (χ0) is 14.3. The lowest BCUT2D eigenvalue weighted by Gasteiger charge is -2.26. The molecule has 0 saturated carbocycles. The Morgan fingerprint density at radius 3 is 2.58 bits per heavy atom. The molecule has 2 atom stereocenters. The van der Waals surface area contributed by atoms with Crippen molar-refractivity contribution in [1.82, 2.24) is 0 Å². The molecule has 1 rings (SSSR count). The third-order valence-corrected chi connectivity index (χ3v) is 2.88. The minimum atomic E-state index is -1.57. The summed E-state index contributed by atoms with van der Waals surface area (Å²) in [7, 11) is 1.16. The smallest absolute Gasteiger partial charge is 0.337 e. The maximum atomic E-state index is 11.1. The molecule has 0 saturated heterocycles. The Morgan fingerprint density at radius 2 is 2.00 bits per heavy atom. The monoisotopic (exact) mass is 268 g/mol. The van der Waals surface area contributed by atoms with Gasteiger partial charge in [-0.25, -0.2) is 4.79 Å². The maximum Gasteiger partial charge on any atom is 0.337 e. The second-order valence-corrected chi connectivity index (χ2v) is 4.57. The highest BCUT2D eigenvalue weighted by Gasteiger charge is 2.36. The molecule has 0 aliphatic rings. The molecule has 0 amide bonds. The normalized spacial score (nSPS) is 15.6. The van der Waals surface area contributed by atoms with Gasteiger partial charge in [-0.1, -0.05) is 30.3 Å². The van der Waals surface area contributed by atoms with Gasteiger partial charge in [-0.3, -0.25) is 0 Å². The van der Waals surface area contributed by atoms with E-state index in [0.29, 0.717) is 6.61 Å². The molecule has 0 bridgehead atoms. The number of esters is 1. The molecule has 1 aromatic carbocycles. The zero-order valence-corrected chi connectivity index (χ0v) is 11.2. The van der Waals surface area contributed by atoms with E-state index in [1.807, 2.05) is 30.3 Å². The van der Waals surface area contributed by atoms with Crippen molar-refractivity contribution in [3.05, 3.63) is 35.9 Å². The topological polar surface area (TPSA) is 76.0 Å². The Balaban J connectivity index is 2.33. The van der Waals surface area contributed by atoms with Gasteiger partial charge in [0, 0.05) is 13.0 Å². The lowest BCUT2D eigenvalue weighted by atomic mass is 9.95. The lowest BCUT2D eigenvalue weighted by Crippen LogP contribution is -2.46. The van der Waals surface area contributed by atoms with Crippen molar-refractivity contribution < 1.29 is 24.5 Å². The quantitative estimate of drug-likeness (QED) is 0.567. The minimum absolute atomic E-state index is 0.135. The molecular formula is C14H20O5. The summed E-state index contributed by atoms with van der Waals surface area (Å²) in [6.07, 6.45) is -1.44. The van der Waals surface area contributed by atoms with Crippen LogP contribution in [0, 0.1) is 0 Å². The first kappa shape index (κ1) is 15.6. The van der Waals surface area contributed by atoms with Crippen molar-refractivity contribution >= 4 is 5.97 Å². The molecule has 0 unspecified atom stereocenters. The summed E-state index contributed by atoms with van der Waals surface area (Å²) in [5, 5.41) is 19.5. The standard InChI is InChI=1S/C14H20O5/c1-14(17,12(15)13(16)18-2)8-9-19-10-11-6-4-3-5-7-11/h3-7,12,15,17H,8-10H2,1-2H3/t12-,14-/m0/s1. The van der Waals surface area contributed by atoms with Crippen molar-refractivity contribution in [2.24, 2.45) is 0 Å². The zero-order valence-electron chi connectivity index (χ0n) is 11.2. The van der Waals surface area contributed by atoms with Crippen LogP contribution in [-0.2, 0) is 20.9 Å². The molecule has 2 N–H and O–H groups in total. The van der Waals surface area contributed by atoms with Gasteiger partial charge < -0.3 is 19.7 Å². The highest BCUT2D eigenvalue weighted by atomic mass is 16.5. The van der Waals surface area contributed by atoms with Crippen LogP contribution in [-0.4, -0.2) is 41.6 Å². The molecule has 0 heterocycles. The SMILES string of the molecule is COC(=O)[C@H](O)[C@@](C)(O)CCOCc1ccccc1. The van der Waals surface area contributed by atoms with Crippen LogP contribution in [0.5, 0.6) is 0 Å². The van der Waals surface area contributed by atoms with E-state index >= 15 is 0 Å². The third kappa shape index (κ3) is 4.98. The summed E-state index contributed by atoms with van der Waals surface area (Å²) in [6, 6.07) is 9.61. The van der Waals surface area contributed by atoms with E-state index in [2.05, 4.69) is 4.74 Å². The summed E-state index contributed by atoms with van der Waals surface area (Å²) in [5.41, 5.74) is -0.542. The number of aliphatic hydroxyl groups is 2. The average Bonchev–Trinajstić information content (AvgIpc) is 2.43. The summed E-state index contributed by atoms with van der Waals surface area (Å²) < 4.78 is 9.78. The minimum Gasteiger partial charge on any atom is -0.467 e. The molecule has 5 nitrogen and oxygen atoms in total. The van der Waals surface area contributed by atoms with Gasteiger partial charge in [0.05, 0.1) is 13.7 Å². The average molecular weight is 268 g/mol. The number of ether oxygens (including phenoxy) is 2. The summed E-state index contributed by atoms with van der Waals surface area (Å²) in [4.78, 5) is 11.1. The Morgan fingerprint density at radius 1 is 1.37 bits per heavy atom. The number of benzene rings is 1. The van der Waals surface area contributed by atoms with Crippen molar-refractivity contribution in [1.29, 1.82) is 0 Å². The van der Waals surface area contributed by atoms with Crippen LogP contribution < -0.4 is 0 Å². The second-order valence-electron chi connectivity index (χ2n) is 4.57. The van der Waals surface area contributed by atoms with Gasteiger partial charge in [0.25, 0.3) is 0 Å². The van der Waals surface area contributed by atoms with Crippen LogP contribution in [0.2, 0.25) is 0 Å². The van der Waals surface area contributed by atoms with Crippen LogP contribution in [0.1, 0.15) is 18.9 Å². The largest absolute Gasteiger partial charge is 0.467 e. The molecular weight excluding hydrogens is 248 g/mol. The molecule has 19 heavy (non-hydrogen) atoms. The van der Waals surface area contributed by atoms with Gasteiger partial charge in [-0.2, -0.15) is 0 Å². The number of hydrogen-bond acceptors (Lipinski definition) is 5. The molecule has 0 aliphatic carbocycles. The van der Waals surface area contributed by atoms with E-state index in [1.165, 1.54) is 6.92 Å². The third-order valence-electron chi connectivity index (χ3n) is 2.88. The van der Waals surface area contributed by atoms with Gasteiger partial charge in [0.15, 0.2) is 6.10 Å². The molecule has 106 valence electrons. The molecule has 1 aromatic rings. The van der Waals surface area contributed by atoms with Gasteiger partial charge in [-0.15, -0.1) is 0 Å². The van der Waals surface area contributed by atoms with E-state index in [1.54, 1.807) is 0 Å². The fraction of sp³-hybridized carbons (Fsp3) is 0.500. The van der Waals surface area contributed by atoms with Crippen molar-refractivity contribution in [2.45, 2.75) is 31.7 Å². The van der Waals surface area contributed by atoms with Crippen LogP contribution in [0.25, 0.3) is 0 Å². The molecule has 5 heteroatoms. The fourth-order valence-electron chi connectivity index (χ4n) is 1.55. The first-order valence-corrected chi connectivity index (χ1v) is 6.07. The van der Waals surface area contributed by atoms with Gasteiger partial charge >= 0.3 is 5.97 Å². The number of methoxy groups -OCH3 is 1. The van der Waals surface area contributed by atoms with Crippen LogP contribution >= 0.6 is 0 Å². The van der Waals surface area contributed by atoms with Crippen LogP contribution in [0.3, 0.4) is 0 Å². The van der Waals surface area contributed by atoms with Crippen LogP contribution in [0.15, 0.2) is 30.3 Å². The van der Waals surface area contributed by atoms with Gasteiger partial charge in [0.2, 0.25) is 0 Å². The first-order valence-electron chi connectivity index (χ1n) is 6.07. The highest BCUT2D eigenvalue weighted by molar-refractivity contribution is 5.75. The second kappa shape index (κ2) is 7.23. The van der Waals surface area contributed by atoms with E-state index in [4.69, 9.17) is 4.74 Å². The van der Waals surface area contributed by atoms with Crippen molar-refractivity contribution in [3.8, 4) is 0 Å². The predicted octanol–water partition coefficient (Wildman–Crippen LogP) is 0.878. The number of carbonyl (C=O) groups excluding carboxylic acids is 1. The predicted molar refractivity (Wildman–Crippen MR) is 69.4 cm³/mol. The highest BCUT2D eigenvalue weighted by Crippen LogP contribution is 2.16. The number of aliphatic hydroxyl groups excluding tert-OH is 1. The molecule has 0 fully saturated rings. The summed E-state index contributed by atoms with van der Waals surface area (Å²) in [5.74, 6) is -0.854. The van der Waals surface area contributed by atoms with E-state index < -0.39 is 17.7 Å². The first-order chi connectivity index (χ1) is 8.97. The van der Waals surface area contributed by atoms with E-state index in [9.17, 15) is 15.0 Å². The Labute approximate surface area is 112 Å². The Hall–Kier alpha value is -1.43. The Kier molecular flexibility index (Phi) is 5.95. The Bertz CT molecular complexity index is 388. The van der Waals surface area contributed by atoms with Crippen LogP contribution in [0.4, 0.5) is 0 Å². The lowest BCUT2D eigenvalue weighted by molar-refractivity contribution is -0.166. The fourth-order valence-corrected chi connectivity index (χ4v) is 1.55. The summed E-state index contributed by atoms with van der Waals surface area (Å²) in [6.45, 7) is 2.03. The van der Waals surface area contributed by atoms with E-state index in [0.717, 1.165) is 12.7 Å². The molecule has 0 aromatic heterocycles. The molecule has 0 spiro atoms. The van der Waals surface area contributed by atoms with Gasteiger partial charge in [-0.05, 0) is 12.5 Å². The van der Waals surface area contributed by atoms with E-state index in [-0.39, 0.29) is 13.0 Å². The number of hydrogen-bond donors (Lipinski definition) is 2.